The van der Waals surface area contributed by atoms with E-state index in [-0.39, 0.29) is 11.7 Å². The third-order valence-corrected chi connectivity index (χ3v) is 3.05. The Bertz CT molecular complexity index is 597. The molecular formula is C13H16N2O2. The Hall–Kier alpha value is -1.97. The Morgan fingerprint density at radius 1 is 1.29 bits per heavy atom. The zero-order valence-electron chi connectivity index (χ0n) is 10.5. The highest BCUT2D eigenvalue weighted by atomic mass is 16.3. The molecule has 1 aromatic heterocycles. The fraction of sp³-hybridized carbons (Fsp3) is 0.308. The molecule has 1 heterocycles. The van der Waals surface area contributed by atoms with Gasteiger partial charge in [-0.2, -0.15) is 0 Å². The number of H-pyrrole nitrogens is 1. The predicted octanol–water partition coefficient (Wildman–Crippen LogP) is 2.19. The molecule has 17 heavy (non-hydrogen) atoms. The van der Waals surface area contributed by atoms with Crippen molar-refractivity contribution in [2.24, 2.45) is 0 Å². The van der Waals surface area contributed by atoms with Gasteiger partial charge in [0.05, 0.1) is 5.52 Å². The van der Waals surface area contributed by atoms with E-state index in [1.54, 1.807) is 14.1 Å². The van der Waals surface area contributed by atoms with Crippen LogP contribution in [0.5, 0.6) is 5.75 Å². The molecule has 2 N–H and O–H groups in total. The Morgan fingerprint density at radius 2 is 1.94 bits per heavy atom. The number of fused-ring (bicyclic) bond motifs is 1. The van der Waals surface area contributed by atoms with E-state index < -0.39 is 0 Å². The molecule has 1 amide bonds. The lowest BCUT2D eigenvalue weighted by Crippen LogP contribution is -2.21. The maximum absolute atomic E-state index is 11.9. The number of carbonyl (C=O) groups excluding carboxylic acids is 1. The average molecular weight is 232 g/mol. The summed E-state index contributed by atoms with van der Waals surface area (Å²) in [6.45, 7) is 3.92. The van der Waals surface area contributed by atoms with Gasteiger partial charge < -0.3 is 15.0 Å². The van der Waals surface area contributed by atoms with Crippen molar-refractivity contribution in [3.63, 3.8) is 0 Å². The first-order valence-electron chi connectivity index (χ1n) is 5.45. The number of rotatable bonds is 1. The lowest BCUT2D eigenvalue weighted by Gasteiger charge is -2.10. The minimum Gasteiger partial charge on any atom is -0.506 e. The van der Waals surface area contributed by atoms with Crippen molar-refractivity contribution in [1.29, 1.82) is 0 Å². The number of aromatic hydroxyl groups is 1. The number of hydrogen-bond donors (Lipinski definition) is 2. The van der Waals surface area contributed by atoms with Crippen LogP contribution in [0.3, 0.4) is 0 Å². The fourth-order valence-electron chi connectivity index (χ4n) is 1.92. The monoisotopic (exact) mass is 232 g/mol. The molecule has 4 nitrogen and oxygen atoms in total. The van der Waals surface area contributed by atoms with Gasteiger partial charge in [-0.1, -0.05) is 0 Å². The normalized spacial score (nSPS) is 10.8. The molecule has 0 aliphatic heterocycles. The highest BCUT2D eigenvalue weighted by Crippen LogP contribution is 2.30. The number of nitrogens with one attached hydrogen (secondary N) is 1. The first-order chi connectivity index (χ1) is 7.91. The van der Waals surface area contributed by atoms with Crippen LogP contribution in [0.1, 0.15) is 21.6 Å². The molecule has 0 radical (unpaired) electrons. The van der Waals surface area contributed by atoms with Gasteiger partial charge in [-0.15, -0.1) is 0 Å². The molecule has 0 bridgehead atoms. The highest BCUT2D eigenvalue weighted by Gasteiger charge is 2.14. The van der Waals surface area contributed by atoms with E-state index in [1.807, 2.05) is 19.9 Å². The van der Waals surface area contributed by atoms with Gasteiger partial charge in [-0.3, -0.25) is 4.79 Å². The Labute approximate surface area is 99.9 Å². The first kappa shape index (κ1) is 11.5. The van der Waals surface area contributed by atoms with Crippen molar-refractivity contribution in [1.82, 2.24) is 9.88 Å². The highest BCUT2D eigenvalue weighted by molar-refractivity contribution is 6.00. The smallest absolute Gasteiger partial charge is 0.253 e. The number of aromatic amines is 1. The SMILES string of the molecule is Cc1[nH]c2c(O)cc(C(=O)N(C)C)cc2c1C. The van der Waals surface area contributed by atoms with E-state index >= 15 is 0 Å². The van der Waals surface area contributed by atoms with Crippen LogP contribution < -0.4 is 0 Å². The van der Waals surface area contributed by atoms with Crippen molar-refractivity contribution >= 4 is 16.8 Å². The predicted molar refractivity (Wildman–Crippen MR) is 67.5 cm³/mol. The van der Waals surface area contributed by atoms with Crippen LogP contribution in [0.2, 0.25) is 0 Å². The number of carbonyl (C=O) groups is 1. The molecule has 0 unspecified atom stereocenters. The van der Waals surface area contributed by atoms with Gasteiger partial charge in [0.15, 0.2) is 0 Å². The third kappa shape index (κ3) is 1.75. The second-order valence-corrected chi connectivity index (χ2v) is 4.49. The Morgan fingerprint density at radius 3 is 2.53 bits per heavy atom. The van der Waals surface area contributed by atoms with Crippen molar-refractivity contribution < 1.29 is 9.90 Å². The first-order valence-corrected chi connectivity index (χ1v) is 5.45. The molecule has 4 heteroatoms. The fourth-order valence-corrected chi connectivity index (χ4v) is 1.92. The van der Waals surface area contributed by atoms with E-state index in [9.17, 15) is 9.90 Å². The van der Waals surface area contributed by atoms with Gasteiger partial charge in [0, 0.05) is 30.7 Å². The summed E-state index contributed by atoms with van der Waals surface area (Å²) in [7, 11) is 3.39. The van der Waals surface area contributed by atoms with Crippen molar-refractivity contribution in [2.75, 3.05) is 14.1 Å². The van der Waals surface area contributed by atoms with Crippen molar-refractivity contribution in [3.05, 3.63) is 29.0 Å². The lowest BCUT2D eigenvalue weighted by molar-refractivity contribution is 0.0827. The standard InChI is InChI=1S/C13H16N2O2/c1-7-8(2)14-12-10(7)5-9(6-11(12)16)13(17)15(3)4/h5-6,14,16H,1-4H3. The Kier molecular flexibility index (Phi) is 2.58. The number of benzene rings is 1. The molecule has 2 rings (SSSR count). The molecule has 0 aliphatic carbocycles. The summed E-state index contributed by atoms with van der Waals surface area (Å²) in [6, 6.07) is 3.32. The minimum absolute atomic E-state index is 0.111. The van der Waals surface area contributed by atoms with E-state index in [4.69, 9.17) is 0 Å². The summed E-state index contributed by atoms with van der Waals surface area (Å²) >= 11 is 0. The van der Waals surface area contributed by atoms with E-state index in [0.717, 1.165) is 16.6 Å². The van der Waals surface area contributed by atoms with Crippen LogP contribution >= 0.6 is 0 Å². The number of aryl methyl sites for hydroxylation is 2. The summed E-state index contributed by atoms with van der Waals surface area (Å²) in [5.74, 6) is 0.00403. The second kappa shape index (κ2) is 3.80. The van der Waals surface area contributed by atoms with Crippen LogP contribution in [0, 0.1) is 13.8 Å². The number of hydrogen-bond acceptors (Lipinski definition) is 2. The van der Waals surface area contributed by atoms with Gasteiger partial charge in [0.25, 0.3) is 5.91 Å². The van der Waals surface area contributed by atoms with Gasteiger partial charge in [0.2, 0.25) is 0 Å². The largest absolute Gasteiger partial charge is 0.506 e. The van der Waals surface area contributed by atoms with Gasteiger partial charge in [0.1, 0.15) is 5.75 Å². The molecule has 0 spiro atoms. The van der Waals surface area contributed by atoms with Crippen LogP contribution in [-0.2, 0) is 0 Å². The van der Waals surface area contributed by atoms with Gasteiger partial charge in [-0.05, 0) is 31.5 Å². The molecule has 0 saturated heterocycles. The lowest BCUT2D eigenvalue weighted by atomic mass is 10.1. The molecule has 90 valence electrons. The quantitative estimate of drug-likeness (QED) is 0.791. The number of nitrogens with zero attached hydrogens (tertiary/aromatic N) is 1. The molecule has 0 atom stereocenters. The van der Waals surface area contributed by atoms with Gasteiger partial charge in [-0.25, -0.2) is 0 Å². The molecular weight excluding hydrogens is 216 g/mol. The molecule has 0 aliphatic rings. The number of phenolic OH excluding ortho intramolecular Hbond substituents is 1. The molecule has 0 saturated carbocycles. The van der Waals surface area contributed by atoms with E-state index in [0.29, 0.717) is 11.1 Å². The summed E-state index contributed by atoms with van der Waals surface area (Å²) in [4.78, 5) is 16.5. The molecule has 1 aromatic carbocycles. The summed E-state index contributed by atoms with van der Waals surface area (Å²) in [5.41, 5.74) is 3.26. The third-order valence-electron chi connectivity index (χ3n) is 3.05. The van der Waals surface area contributed by atoms with Crippen molar-refractivity contribution in [2.45, 2.75) is 13.8 Å². The maximum atomic E-state index is 11.9. The molecule has 0 fully saturated rings. The maximum Gasteiger partial charge on any atom is 0.253 e. The Balaban J connectivity index is 2.70. The zero-order valence-corrected chi connectivity index (χ0v) is 10.5. The number of aromatic nitrogens is 1. The second-order valence-electron chi connectivity index (χ2n) is 4.49. The van der Waals surface area contributed by atoms with Crippen LogP contribution in [0.4, 0.5) is 0 Å². The zero-order chi connectivity index (χ0) is 12.7. The summed E-state index contributed by atoms with van der Waals surface area (Å²) < 4.78 is 0. The van der Waals surface area contributed by atoms with Gasteiger partial charge >= 0.3 is 0 Å². The summed E-state index contributed by atoms with van der Waals surface area (Å²) in [6.07, 6.45) is 0. The molecule has 2 aromatic rings. The minimum atomic E-state index is -0.111. The van der Waals surface area contributed by atoms with Crippen LogP contribution in [0.15, 0.2) is 12.1 Å². The van der Waals surface area contributed by atoms with Crippen LogP contribution in [0.25, 0.3) is 10.9 Å². The number of amides is 1. The average Bonchev–Trinajstić information content (AvgIpc) is 2.55. The van der Waals surface area contributed by atoms with E-state index in [2.05, 4.69) is 4.98 Å². The summed E-state index contributed by atoms with van der Waals surface area (Å²) in [5, 5.41) is 10.8. The number of phenols is 1. The topological polar surface area (TPSA) is 56.3 Å². The van der Waals surface area contributed by atoms with Crippen LogP contribution in [-0.4, -0.2) is 35.0 Å². The van der Waals surface area contributed by atoms with E-state index in [1.165, 1.54) is 11.0 Å². The van der Waals surface area contributed by atoms with Crippen molar-refractivity contribution in [3.8, 4) is 5.75 Å².